The average molecular weight is 270 g/mol. The molecule has 0 fully saturated rings. The largest absolute Gasteiger partial charge is 0.354 e. The van der Waals surface area contributed by atoms with Crippen molar-refractivity contribution in [2.45, 2.75) is 12.7 Å². The number of amides is 2. The van der Waals surface area contributed by atoms with E-state index in [2.05, 4.69) is 10.6 Å². The first-order valence-corrected chi connectivity index (χ1v) is 5.98. The molecular formula is C13H19FN2O3. The number of hydrogen-bond acceptors (Lipinski definition) is 3. The topological polar surface area (TPSA) is 59.6 Å². The van der Waals surface area contributed by atoms with E-state index in [1.807, 2.05) is 0 Å². The second-order valence-electron chi connectivity index (χ2n) is 3.88. The van der Waals surface area contributed by atoms with Gasteiger partial charge in [-0.1, -0.05) is 18.2 Å². The molecule has 2 N–H and O–H groups in total. The van der Waals surface area contributed by atoms with E-state index in [0.29, 0.717) is 18.5 Å². The summed E-state index contributed by atoms with van der Waals surface area (Å²) >= 11 is 0. The van der Waals surface area contributed by atoms with E-state index < -0.39 is 6.29 Å². The number of hydrogen-bond donors (Lipinski definition) is 2. The SMILES string of the molecule is COC(CNC(=O)NCCc1ccccc1F)OC. The van der Waals surface area contributed by atoms with Crippen LogP contribution in [0.15, 0.2) is 24.3 Å². The van der Waals surface area contributed by atoms with Crippen molar-refractivity contribution in [3.05, 3.63) is 35.6 Å². The highest BCUT2D eigenvalue weighted by Gasteiger charge is 2.07. The van der Waals surface area contributed by atoms with Crippen molar-refractivity contribution in [2.24, 2.45) is 0 Å². The van der Waals surface area contributed by atoms with E-state index >= 15 is 0 Å². The van der Waals surface area contributed by atoms with Gasteiger partial charge in [-0.15, -0.1) is 0 Å². The molecule has 0 bridgehead atoms. The third-order valence-electron chi connectivity index (χ3n) is 2.59. The molecule has 1 rings (SSSR count). The van der Waals surface area contributed by atoms with Gasteiger partial charge in [0.25, 0.3) is 0 Å². The lowest BCUT2D eigenvalue weighted by atomic mass is 10.1. The lowest BCUT2D eigenvalue weighted by Crippen LogP contribution is -2.41. The number of rotatable bonds is 7. The molecule has 0 aromatic heterocycles. The van der Waals surface area contributed by atoms with Gasteiger partial charge in [-0.05, 0) is 18.1 Å². The number of carbonyl (C=O) groups excluding carboxylic acids is 1. The van der Waals surface area contributed by atoms with Crippen LogP contribution >= 0.6 is 0 Å². The van der Waals surface area contributed by atoms with Crippen molar-refractivity contribution < 1.29 is 18.7 Å². The van der Waals surface area contributed by atoms with Crippen LogP contribution in [0.25, 0.3) is 0 Å². The first-order valence-electron chi connectivity index (χ1n) is 5.98. The van der Waals surface area contributed by atoms with Crippen LogP contribution in [0.3, 0.4) is 0 Å². The van der Waals surface area contributed by atoms with E-state index in [-0.39, 0.29) is 18.4 Å². The standard InChI is InChI=1S/C13H19FN2O3/c1-18-12(19-2)9-16-13(17)15-8-7-10-5-3-4-6-11(10)14/h3-6,12H,7-9H2,1-2H3,(H2,15,16,17). The van der Waals surface area contributed by atoms with E-state index in [0.717, 1.165) is 0 Å². The highest BCUT2D eigenvalue weighted by molar-refractivity contribution is 5.73. The van der Waals surface area contributed by atoms with Crippen LogP contribution in [0.4, 0.5) is 9.18 Å². The Balaban J connectivity index is 2.22. The van der Waals surface area contributed by atoms with Gasteiger partial charge in [0.1, 0.15) is 5.82 Å². The van der Waals surface area contributed by atoms with Crippen LogP contribution in [0.1, 0.15) is 5.56 Å². The fraction of sp³-hybridized carbons (Fsp3) is 0.462. The molecule has 19 heavy (non-hydrogen) atoms. The van der Waals surface area contributed by atoms with Gasteiger partial charge in [-0.25, -0.2) is 9.18 Å². The van der Waals surface area contributed by atoms with Gasteiger partial charge < -0.3 is 20.1 Å². The van der Waals surface area contributed by atoms with E-state index in [1.165, 1.54) is 20.3 Å². The smallest absolute Gasteiger partial charge is 0.314 e. The molecule has 0 heterocycles. The third-order valence-corrected chi connectivity index (χ3v) is 2.59. The molecule has 0 aliphatic heterocycles. The maximum Gasteiger partial charge on any atom is 0.314 e. The number of benzene rings is 1. The van der Waals surface area contributed by atoms with Crippen molar-refractivity contribution in [2.75, 3.05) is 27.3 Å². The predicted octanol–water partition coefficient (Wildman–Crippen LogP) is 1.29. The molecule has 0 unspecified atom stereocenters. The summed E-state index contributed by atoms with van der Waals surface area (Å²) in [5.74, 6) is -0.261. The first-order chi connectivity index (χ1) is 9.17. The zero-order valence-electron chi connectivity index (χ0n) is 11.1. The summed E-state index contributed by atoms with van der Waals surface area (Å²) in [5, 5.41) is 5.23. The molecule has 0 spiro atoms. The summed E-state index contributed by atoms with van der Waals surface area (Å²) in [6.45, 7) is 0.607. The first kappa shape index (κ1) is 15.4. The third kappa shape index (κ3) is 5.67. The van der Waals surface area contributed by atoms with Crippen molar-refractivity contribution in [1.29, 1.82) is 0 Å². The van der Waals surface area contributed by atoms with E-state index in [1.54, 1.807) is 18.2 Å². The van der Waals surface area contributed by atoms with Crippen molar-refractivity contribution >= 4 is 6.03 Å². The summed E-state index contributed by atoms with van der Waals surface area (Å²) in [6.07, 6.45) is -0.0322. The van der Waals surface area contributed by atoms with Gasteiger partial charge in [-0.3, -0.25) is 0 Å². The number of ether oxygens (including phenoxy) is 2. The normalized spacial score (nSPS) is 10.5. The number of methoxy groups -OCH3 is 2. The van der Waals surface area contributed by atoms with Crippen LogP contribution in [0, 0.1) is 5.82 Å². The quantitative estimate of drug-likeness (QED) is 0.734. The van der Waals surface area contributed by atoms with Crippen LogP contribution in [0.2, 0.25) is 0 Å². The average Bonchev–Trinajstić information content (AvgIpc) is 2.42. The van der Waals surface area contributed by atoms with Crippen molar-refractivity contribution in [3.63, 3.8) is 0 Å². The Morgan fingerprint density at radius 1 is 1.26 bits per heavy atom. The molecule has 1 aromatic rings. The zero-order valence-corrected chi connectivity index (χ0v) is 11.1. The number of nitrogens with one attached hydrogen (secondary N) is 2. The predicted molar refractivity (Wildman–Crippen MR) is 69.3 cm³/mol. The van der Waals surface area contributed by atoms with Gasteiger partial charge in [0, 0.05) is 20.8 Å². The Morgan fingerprint density at radius 2 is 1.95 bits per heavy atom. The van der Waals surface area contributed by atoms with Gasteiger partial charge in [0.15, 0.2) is 6.29 Å². The number of urea groups is 1. The Labute approximate surface area is 112 Å². The fourth-order valence-electron chi connectivity index (χ4n) is 1.51. The minimum atomic E-state index is -0.475. The molecule has 1 aromatic carbocycles. The van der Waals surface area contributed by atoms with Gasteiger partial charge in [0.2, 0.25) is 0 Å². The lowest BCUT2D eigenvalue weighted by Gasteiger charge is -2.14. The number of halogens is 1. The van der Waals surface area contributed by atoms with Gasteiger partial charge >= 0.3 is 6.03 Å². The van der Waals surface area contributed by atoms with Crippen molar-refractivity contribution in [1.82, 2.24) is 10.6 Å². The molecule has 0 saturated heterocycles. The van der Waals surface area contributed by atoms with Gasteiger partial charge in [-0.2, -0.15) is 0 Å². The highest BCUT2D eigenvalue weighted by Crippen LogP contribution is 2.05. The molecule has 5 nitrogen and oxygen atoms in total. The van der Waals surface area contributed by atoms with Crippen LogP contribution in [-0.2, 0) is 15.9 Å². The van der Waals surface area contributed by atoms with Crippen molar-refractivity contribution in [3.8, 4) is 0 Å². The molecule has 6 heteroatoms. The number of carbonyl (C=O) groups is 1. The maximum atomic E-state index is 13.3. The lowest BCUT2D eigenvalue weighted by molar-refractivity contribution is -0.0971. The molecule has 0 radical (unpaired) electrons. The summed E-state index contributed by atoms with van der Waals surface area (Å²) in [5.41, 5.74) is 0.578. The minimum absolute atomic E-state index is 0.249. The van der Waals surface area contributed by atoms with E-state index in [4.69, 9.17) is 9.47 Å². The second-order valence-corrected chi connectivity index (χ2v) is 3.88. The Kier molecular flexibility index (Phi) is 6.84. The summed E-state index contributed by atoms with van der Waals surface area (Å²) < 4.78 is 23.1. The van der Waals surface area contributed by atoms with Crippen LogP contribution in [-0.4, -0.2) is 39.6 Å². The minimum Gasteiger partial charge on any atom is -0.354 e. The second kappa shape index (κ2) is 8.44. The fourth-order valence-corrected chi connectivity index (χ4v) is 1.51. The molecule has 106 valence electrons. The zero-order chi connectivity index (χ0) is 14.1. The highest BCUT2D eigenvalue weighted by atomic mass is 19.1. The molecule has 0 aliphatic rings. The van der Waals surface area contributed by atoms with Gasteiger partial charge in [0.05, 0.1) is 6.54 Å². The Morgan fingerprint density at radius 3 is 2.58 bits per heavy atom. The molecular weight excluding hydrogens is 251 g/mol. The van der Waals surface area contributed by atoms with Crippen LogP contribution < -0.4 is 10.6 Å². The maximum absolute atomic E-state index is 13.3. The molecule has 0 atom stereocenters. The summed E-state index contributed by atoms with van der Waals surface area (Å²) in [7, 11) is 2.98. The molecule has 2 amide bonds. The monoisotopic (exact) mass is 270 g/mol. The molecule has 0 saturated carbocycles. The van der Waals surface area contributed by atoms with Crippen LogP contribution in [0.5, 0.6) is 0 Å². The molecule has 0 aliphatic carbocycles. The summed E-state index contributed by atoms with van der Waals surface area (Å²) in [4.78, 5) is 11.4. The summed E-state index contributed by atoms with van der Waals surface area (Å²) in [6, 6.07) is 6.16. The Bertz CT molecular complexity index is 397. The van der Waals surface area contributed by atoms with E-state index in [9.17, 15) is 9.18 Å². The Hall–Kier alpha value is -1.66.